The Morgan fingerprint density at radius 1 is 1.27 bits per heavy atom. The van der Waals surface area contributed by atoms with E-state index in [1.54, 1.807) is 0 Å². The van der Waals surface area contributed by atoms with E-state index in [9.17, 15) is 4.79 Å². The molecule has 1 N–H and O–H groups in total. The first-order valence-electron chi connectivity index (χ1n) is 8.63. The van der Waals surface area contributed by atoms with Crippen LogP contribution >= 0.6 is 0 Å². The molecular weight excluding hydrogens is 292 g/mol. The van der Waals surface area contributed by atoms with Crippen LogP contribution in [0.15, 0.2) is 12.2 Å². The highest BCUT2D eigenvalue weighted by Crippen LogP contribution is 2.44. The minimum absolute atomic E-state index is 0.196. The maximum Gasteiger partial charge on any atom is 0.303 e. The zero-order valence-corrected chi connectivity index (χ0v) is 16.2. The normalized spacial score (nSPS) is 26.7. The molecule has 0 aliphatic heterocycles. The molecule has 22 heavy (non-hydrogen) atoms. The number of carboxylic acids is 1. The summed E-state index contributed by atoms with van der Waals surface area (Å²) < 4.78 is 6.63. The van der Waals surface area contributed by atoms with Gasteiger partial charge in [0, 0.05) is 12.5 Å². The van der Waals surface area contributed by atoms with Gasteiger partial charge in [-0.2, -0.15) is 0 Å². The van der Waals surface area contributed by atoms with Crippen molar-refractivity contribution in [3.63, 3.8) is 0 Å². The second-order valence-electron chi connectivity index (χ2n) is 8.13. The number of carbonyl (C=O) groups is 1. The molecule has 0 amide bonds. The number of hydrogen-bond donors (Lipinski definition) is 1. The van der Waals surface area contributed by atoms with E-state index in [-0.39, 0.29) is 23.5 Å². The molecule has 0 aromatic carbocycles. The highest BCUT2D eigenvalue weighted by molar-refractivity contribution is 6.74. The Bertz CT molecular complexity index is 396. The summed E-state index contributed by atoms with van der Waals surface area (Å²) in [5, 5.41) is 9.36. The molecule has 1 fully saturated rings. The van der Waals surface area contributed by atoms with Gasteiger partial charge in [-0.3, -0.25) is 4.79 Å². The summed E-state index contributed by atoms with van der Waals surface area (Å²) in [5.41, 5.74) is 0. The van der Waals surface area contributed by atoms with Crippen molar-refractivity contribution in [1.29, 1.82) is 0 Å². The van der Waals surface area contributed by atoms with Gasteiger partial charge >= 0.3 is 5.97 Å². The maximum atomic E-state index is 11.1. The number of carboxylic acid groups (broad SMARTS) is 1. The quantitative estimate of drug-likeness (QED) is 0.514. The van der Waals surface area contributed by atoms with Crippen molar-refractivity contribution in [2.75, 3.05) is 0 Å². The van der Waals surface area contributed by atoms with Crippen LogP contribution in [0.5, 0.6) is 0 Å². The minimum atomic E-state index is -1.80. The first kappa shape index (κ1) is 19.4. The van der Waals surface area contributed by atoms with Crippen molar-refractivity contribution >= 4 is 14.3 Å². The fraction of sp³-hybridized carbons (Fsp3) is 0.833. The Morgan fingerprint density at radius 3 is 2.41 bits per heavy atom. The van der Waals surface area contributed by atoms with Gasteiger partial charge in [0.2, 0.25) is 0 Å². The van der Waals surface area contributed by atoms with E-state index in [4.69, 9.17) is 9.53 Å². The number of aliphatic carboxylic acids is 1. The smallest absolute Gasteiger partial charge is 0.303 e. The molecule has 0 spiro atoms. The topological polar surface area (TPSA) is 46.5 Å². The van der Waals surface area contributed by atoms with Crippen LogP contribution in [-0.2, 0) is 9.22 Å². The van der Waals surface area contributed by atoms with Crippen molar-refractivity contribution in [1.82, 2.24) is 0 Å². The van der Waals surface area contributed by atoms with Crippen LogP contribution in [0.1, 0.15) is 59.8 Å². The molecule has 1 saturated carbocycles. The molecule has 3 nitrogen and oxygen atoms in total. The molecule has 0 aromatic rings. The zero-order valence-electron chi connectivity index (χ0n) is 15.2. The van der Waals surface area contributed by atoms with E-state index < -0.39 is 14.3 Å². The third kappa shape index (κ3) is 5.23. The number of allylic oxidation sites excluding steroid dienone is 2. The van der Waals surface area contributed by atoms with Gasteiger partial charge in [-0.15, -0.1) is 0 Å². The first-order valence-corrected chi connectivity index (χ1v) is 11.5. The number of hydrogen-bond acceptors (Lipinski definition) is 2. The highest BCUT2D eigenvalue weighted by atomic mass is 28.4. The molecule has 128 valence electrons. The second kappa shape index (κ2) is 7.78. The van der Waals surface area contributed by atoms with Crippen LogP contribution in [-0.4, -0.2) is 25.5 Å². The predicted molar refractivity (Wildman–Crippen MR) is 94.6 cm³/mol. The lowest BCUT2D eigenvalue weighted by molar-refractivity contribution is -0.138. The Balaban J connectivity index is 2.83. The molecule has 0 aromatic heterocycles. The molecule has 0 radical (unpaired) electrons. The lowest BCUT2D eigenvalue weighted by atomic mass is 9.89. The third-order valence-corrected chi connectivity index (χ3v) is 9.91. The summed E-state index contributed by atoms with van der Waals surface area (Å²) >= 11 is 0. The van der Waals surface area contributed by atoms with E-state index in [0.29, 0.717) is 5.92 Å². The standard InChI is InChI=1S/C18H34O3Si/c1-7-8-9-10-15-14(13-17(19)20)11-12-16(15)21-22(5,6)18(2,3)4/h8-9,14-16H,7,10-13H2,1-6H3,(H,19,20)/b9-8-/t14-,15+,16?/m1/s1. The van der Waals surface area contributed by atoms with Crippen molar-refractivity contribution in [2.24, 2.45) is 11.8 Å². The van der Waals surface area contributed by atoms with Crippen LogP contribution < -0.4 is 0 Å². The van der Waals surface area contributed by atoms with Crippen LogP contribution in [0, 0.1) is 11.8 Å². The molecule has 1 aliphatic carbocycles. The molecule has 1 aliphatic rings. The summed E-state index contributed by atoms with van der Waals surface area (Å²) in [4.78, 5) is 11.1. The van der Waals surface area contributed by atoms with Gasteiger partial charge in [0.25, 0.3) is 0 Å². The molecule has 0 bridgehead atoms. The van der Waals surface area contributed by atoms with Gasteiger partial charge in [0.1, 0.15) is 0 Å². The van der Waals surface area contributed by atoms with E-state index in [1.807, 2.05) is 0 Å². The van der Waals surface area contributed by atoms with Gasteiger partial charge in [-0.05, 0) is 55.7 Å². The van der Waals surface area contributed by atoms with Crippen LogP contribution in [0.2, 0.25) is 18.1 Å². The van der Waals surface area contributed by atoms with Crippen molar-refractivity contribution in [3.05, 3.63) is 12.2 Å². The average Bonchev–Trinajstić information content (AvgIpc) is 2.70. The summed E-state index contributed by atoms with van der Waals surface area (Å²) in [6.07, 6.45) is 8.88. The summed E-state index contributed by atoms with van der Waals surface area (Å²) in [6.45, 7) is 13.5. The van der Waals surface area contributed by atoms with E-state index in [0.717, 1.165) is 25.7 Å². The van der Waals surface area contributed by atoms with Crippen molar-refractivity contribution < 1.29 is 14.3 Å². The van der Waals surface area contributed by atoms with E-state index in [1.165, 1.54) is 0 Å². The van der Waals surface area contributed by atoms with Crippen LogP contribution in [0.3, 0.4) is 0 Å². The Kier molecular flexibility index (Phi) is 6.87. The molecule has 1 unspecified atom stereocenters. The van der Waals surface area contributed by atoms with Crippen molar-refractivity contribution in [3.8, 4) is 0 Å². The minimum Gasteiger partial charge on any atom is -0.481 e. The van der Waals surface area contributed by atoms with Gasteiger partial charge in [-0.1, -0.05) is 39.8 Å². The number of rotatable bonds is 7. The molecule has 1 rings (SSSR count). The molecule has 0 saturated heterocycles. The predicted octanol–water partition coefficient (Wildman–Crippen LogP) is 5.23. The second-order valence-corrected chi connectivity index (χ2v) is 12.9. The fourth-order valence-corrected chi connectivity index (χ4v) is 4.46. The Labute approximate surface area is 137 Å². The van der Waals surface area contributed by atoms with E-state index in [2.05, 4.69) is 52.9 Å². The third-order valence-electron chi connectivity index (χ3n) is 5.40. The summed E-state index contributed by atoms with van der Waals surface area (Å²) in [7, 11) is -1.80. The molecule has 4 heteroatoms. The summed E-state index contributed by atoms with van der Waals surface area (Å²) in [5.74, 6) is -0.0655. The van der Waals surface area contributed by atoms with Crippen molar-refractivity contribution in [2.45, 2.75) is 84.0 Å². The highest BCUT2D eigenvalue weighted by Gasteiger charge is 2.44. The van der Waals surface area contributed by atoms with Gasteiger partial charge < -0.3 is 9.53 Å². The molecule has 0 heterocycles. The largest absolute Gasteiger partial charge is 0.481 e. The monoisotopic (exact) mass is 326 g/mol. The Morgan fingerprint density at radius 2 is 1.91 bits per heavy atom. The lowest BCUT2D eigenvalue weighted by Gasteiger charge is -2.40. The van der Waals surface area contributed by atoms with Crippen LogP contribution in [0.25, 0.3) is 0 Å². The van der Waals surface area contributed by atoms with Crippen LogP contribution in [0.4, 0.5) is 0 Å². The fourth-order valence-electron chi connectivity index (χ4n) is 3.05. The zero-order chi connectivity index (χ0) is 17.0. The summed E-state index contributed by atoms with van der Waals surface area (Å²) in [6, 6.07) is 0. The Hall–Kier alpha value is -0.613. The van der Waals surface area contributed by atoms with E-state index >= 15 is 0 Å². The molecule has 3 atom stereocenters. The van der Waals surface area contributed by atoms with Gasteiger partial charge in [0.15, 0.2) is 8.32 Å². The average molecular weight is 327 g/mol. The van der Waals surface area contributed by atoms with Gasteiger partial charge in [0.05, 0.1) is 0 Å². The SMILES string of the molecule is CC/C=C\C[C@@H]1C(O[Si](C)(C)C(C)(C)C)CC[C@@H]1CC(=O)O. The van der Waals surface area contributed by atoms with Gasteiger partial charge in [-0.25, -0.2) is 0 Å². The lowest BCUT2D eigenvalue weighted by Crippen LogP contribution is -2.45. The molecular formula is C18H34O3Si. The first-order chi connectivity index (χ1) is 10.1. The maximum absolute atomic E-state index is 11.1.